The minimum absolute atomic E-state index is 0.647. The first-order chi connectivity index (χ1) is 16.9. The molecule has 36 heavy (non-hydrogen) atoms. The molecule has 3 heterocycles. The largest absolute Gasteiger partial charge is 0.394 e. The van der Waals surface area contributed by atoms with Crippen LogP contribution in [0, 0.1) is 0 Å². The first-order valence-corrected chi connectivity index (χ1v) is 11.4. The summed E-state index contributed by atoms with van der Waals surface area (Å²) in [4.78, 5) is 11.9. The SMILES string of the molecule is CC(=O)N[C@H]1[C@H](O[C@@H]2[C@H](O)[C@H](C)OC(O)[C@H]2O)O[C@H](CO)[C@@H](O[C@@H]2O[C@H](CO)[C@H](O)[C@H](O)[C@H]2O)[C@@H]1O. The Balaban J connectivity index is 1.82. The Labute approximate surface area is 205 Å². The van der Waals surface area contributed by atoms with Gasteiger partial charge in [0.25, 0.3) is 0 Å². The molecule has 15 atom stereocenters. The molecule has 0 aliphatic carbocycles. The molecule has 3 fully saturated rings. The van der Waals surface area contributed by atoms with Gasteiger partial charge in [-0.15, -0.1) is 0 Å². The average Bonchev–Trinajstić information content (AvgIpc) is 2.83. The van der Waals surface area contributed by atoms with Crippen LogP contribution < -0.4 is 5.32 Å². The maximum absolute atomic E-state index is 11.9. The molecule has 1 amide bonds. The van der Waals surface area contributed by atoms with Crippen molar-refractivity contribution in [3.63, 3.8) is 0 Å². The third-order valence-electron chi connectivity index (χ3n) is 6.45. The second kappa shape index (κ2) is 12.2. The summed E-state index contributed by atoms with van der Waals surface area (Å²) in [6, 6.07) is -1.42. The second-order valence-electron chi connectivity index (χ2n) is 9.05. The number of aliphatic hydroxyl groups is 9. The fraction of sp³-hybridized carbons (Fsp3) is 0.950. The molecular formula is C20H35NO15. The molecule has 16 nitrogen and oxygen atoms in total. The van der Waals surface area contributed by atoms with Crippen molar-refractivity contribution < 1.29 is 74.4 Å². The van der Waals surface area contributed by atoms with Crippen LogP contribution in [0.1, 0.15) is 13.8 Å². The highest BCUT2D eigenvalue weighted by atomic mass is 16.7. The first kappa shape index (κ1) is 29.5. The Hall–Kier alpha value is -1.09. The molecule has 3 aliphatic rings. The van der Waals surface area contributed by atoms with Crippen LogP contribution in [0.25, 0.3) is 0 Å². The van der Waals surface area contributed by atoms with E-state index in [2.05, 4.69) is 5.32 Å². The molecule has 16 heteroatoms. The van der Waals surface area contributed by atoms with E-state index in [-0.39, 0.29) is 0 Å². The lowest BCUT2D eigenvalue weighted by molar-refractivity contribution is -0.364. The Morgan fingerprint density at radius 1 is 0.722 bits per heavy atom. The number of hydrogen-bond donors (Lipinski definition) is 10. The van der Waals surface area contributed by atoms with Crippen LogP contribution in [-0.2, 0) is 28.5 Å². The van der Waals surface area contributed by atoms with Crippen molar-refractivity contribution >= 4 is 5.91 Å². The van der Waals surface area contributed by atoms with Gasteiger partial charge in [-0.2, -0.15) is 0 Å². The smallest absolute Gasteiger partial charge is 0.217 e. The molecule has 0 spiro atoms. The second-order valence-corrected chi connectivity index (χ2v) is 9.05. The topological polar surface area (TPSA) is 257 Å². The normalized spacial score (nSPS) is 50.0. The van der Waals surface area contributed by atoms with Crippen LogP contribution in [0.4, 0.5) is 0 Å². The van der Waals surface area contributed by atoms with Gasteiger partial charge in [-0.1, -0.05) is 0 Å². The van der Waals surface area contributed by atoms with Crippen molar-refractivity contribution in [1.82, 2.24) is 5.32 Å². The maximum atomic E-state index is 11.9. The Bertz CT molecular complexity index is 715. The lowest BCUT2D eigenvalue weighted by Crippen LogP contribution is -2.69. The fourth-order valence-corrected chi connectivity index (χ4v) is 4.40. The molecule has 1 unspecified atom stereocenters. The lowest BCUT2D eigenvalue weighted by Gasteiger charge is -2.48. The molecule has 0 aromatic heterocycles. The summed E-state index contributed by atoms with van der Waals surface area (Å²) in [5.41, 5.74) is 0. The lowest BCUT2D eigenvalue weighted by atomic mass is 9.94. The molecule has 0 radical (unpaired) electrons. The average molecular weight is 529 g/mol. The van der Waals surface area contributed by atoms with E-state index in [4.69, 9.17) is 23.7 Å². The van der Waals surface area contributed by atoms with Gasteiger partial charge in [0.1, 0.15) is 67.1 Å². The van der Waals surface area contributed by atoms with Crippen LogP contribution >= 0.6 is 0 Å². The highest BCUT2D eigenvalue weighted by molar-refractivity contribution is 5.73. The van der Waals surface area contributed by atoms with Crippen molar-refractivity contribution in [2.75, 3.05) is 13.2 Å². The molecule has 0 aromatic rings. The number of ether oxygens (including phenoxy) is 5. The highest BCUT2D eigenvalue weighted by Gasteiger charge is 2.53. The van der Waals surface area contributed by atoms with Gasteiger partial charge in [-0.05, 0) is 6.92 Å². The van der Waals surface area contributed by atoms with E-state index < -0.39 is 111 Å². The van der Waals surface area contributed by atoms with E-state index >= 15 is 0 Å². The predicted molar refractivity (Wildman–Crippen MR) is 111 cm³/mol. The van der Waals surface area contributed by atoms with Gasteiger partial charge in [0.15, 0.2) is 18.9 Å². The summed E-state index contributed by atoms with van der Waals surface area (Å²) in [6.45, 7) is 1.02. The molecular weight excluding hydrogens is 494 g/mol. The van der Waals surface area contributed by atoms with Crippen LogP contribution in [0.3, 0.4) is 0 Å². The van der Waals surface area contributed by atoms with Crippen LogP contribution in [0.2, 0.25) is 0 Å². The molecule has 3 aliphatic heterocycles. The zero-order valence-electron chi connectivity index (χ0n) is 19.5. The van der Waals surface area contributed by atoms with Crippen LogP contribution in [0.5, 0.6) is 0 Å². The summed E-state index contributed by atoms with van der Waals surface area (Å²) >= 11 is 0. The molecule has 210 valence electrons. The van der Waals surface area contributed by atoms with Crippen LogP contribution in [0.15, 0.2) is 0 Å². The zero-order valence-corrected chi connectivity index (χ0v) is 19.5. The van der Waals surface area contributed by atoms with E-state index in [0.717, 1.165) is 6.92 Å². The van der Waals surface area contributed by atoms with Crippen LogP contribution in [-0.4, -0.2) is 157 Å². The van der Waals surface area contributed by atoms with Crippen molar-refractivity contribution in [1.29, 1.82) is 0 Å². The van der Waals surface area contributed by atoms with Gasteiger partial charge >= 0.3 is 0 Å². The zero-order chi connectivity index (χ0) is 26.9. The molecule has 0 saturated carbocycles. The van der Waals surface area contributed by atoms with Crippen molar-refractivity contribution in [3.8, 4) is 0 Å². The Morgan fingerprint density at radius 2 is 1.31 bits per heavy atom. The molecule has 10 N–H and O–H groups in total. The van der Waals surface area contributed by atoms with E-state index in [1.807, 2.05) is 0 Å². The summed E-state index contributed by atoms with van der Waals surface area (Å²) < 4.78 is 27.2. The van der Waals surface area contributed by atoms with Gasteiger partial charge in [-0.3, -0.25) is 4.79 Å². The number of carbonyl (C=O) groups is 1. The van der Waals surface area contributed by atoms with Gasteiger partial charge in [0.05, 0.1) is 19.3 Å². The highest BCUT2D eigenvalue weighted by Crippen LogP contribution is 2.32. The van der Waals surface area contributed by atoms with Gasteiger partial charge in [0.2, 0.25) is 5.91 Å². The number of amides is 1. The Kier molecular flexibility index (Phi) is 9.97. The third-order valence-corrected chi connectivity index (χ3v) is 6.45. The number of nitrogens with one attached hydrogen (secondary N) is 1. The monoisotopic (exact) mass is 529 g/mol. The van der Waals surface area contributed by atoms with Crippen molar-refractivity contribution in [2.24, 2.45) is 0 Å². The summed E-state index contributed by atoms with van der Waals surface area (Å²) in [5, 5.41) is 93.5. The maximum Gasteiger partial charge on any atom is 0.217 e. The molecule has 0 aromatic carbocycles. The molecule has 3 saturated heterocycles. The van der Waals surface area contributed by atoms with E-state index in [0.29, 0.717) is 0 Å². The van der Waals surface area contributed by atoms with E-state index in [1.54, 1.807) is 0 Å². The minimum Gasteiger partial charge on any atom is -0.394 e. The first-order valence-electron chi connectivity index (χ1n) is 11.4. The summed E-state index contributed by atoms with van der Waals surface area (Å²) in [6.07, 6.45) is -21.8. The molecule has 0 bridgehead atoms. The number of aliphatic hydroxyl groups excluding tert-OH is 9. The van der Waals surface area contributed by atoms with E-state index in [1.165, 1.54) is 6.92 Å². The Morgan fingerprint density at radius 3 is 1.89 bits per heavy atom. The third kappa shape index (κ3) is 5.97. The summed E-state index contributed by atoms with van der Waals surface area (Å²) in [7, 11) is 0. The van der Waals surface area contributed by atoms with Gasteiger partial charge in [0, 0.05) is 6.92 Å². The van der Waals surface area contributed by atoms with Crippen molar-refractivity contribution in [2.45, 2.75) is 106 Å². The van der Waals surface area contributed by atoms with Gasteiger partial charge < -0.3 is 75.0 Å². The van der Waals surface area contributed by atoms with Crippen molar-refractivity contribution in [3.05, 3.63) is 0 Å². The standard InChI is InChI=1S/C20H35NO15/c1-5-10(25)17(15(30)18(31)32-5)36-19-9(21-6(2)24)12(27)16(8(4-23)34-19)35-20-14(29)13(28)11(26)7(3-22)33-20/h5,7-20,22-23,25-31H,3-4H2,1-2H3,(H,21,24)/t5-,7+,8+,9+,10+,11-,12+,13-,14+,15-,16+,17+,18?,19-,20-/m0/s1. The number of carbonyl (C=O) groups excluding carboxylic acids is 1. The predicted octanol–water partition coefficient (Wildman–Crippen LogP) is -6.40. The number of rotatable bonds is 7. The fourth-order valence-electron chi connectivity index (χ4n) is 4.40. The van der Waals surface area contributed by atoms with Gasteiger partial charge in [-0.25, -0.2) is 0 Å². The number of hydrogen-bond acceptors (Lipinski definition) is 15. The molecule has 3 rings (SSSR count). The quantitative estimate of drug-likeness (QED) is 0.147. The minimum atomic E-state index is -1.82. The summed E-state index contributed by atoms with van der Waals surface area (Å²) in [5.74, 6) is -0.647. The van der Waals surface area contributed by atoms with E-state index in [9.17, 15) is 50.8 Å².